The van der Waals surface area contributed by atoms with Gasteiger partial charge in [0.05, 0.1) is 22.9 Å². The van der Waals surface area contributed by atoms with Crippen molar-refractivity contribution in [1.29, 1.82) is 0 Å². The number of likely N-dealkylation sites (tertiary alicyclic amines) is 1. The van der Waals surface area contributed by atoms with Crippen LogP contribution in [0.4, 0.5) is 11.5 Å². The lowest BCUT2D eigenvalue weighted by atomic mass is 9.91. The molecule has 17 nitrogen and oxygen atoms in total. The molecule has 0 bridgehead atoms. The maximum atomic E-state index is 13.6. The largest absolute Gasteiger partial charge is 0.357 e. The fourth-order valence-corrected chi connectivity index (χ4v) is 10.6. The Balaban J connectivity index is 0.659. The number of piperazine rings is 1. The van der Waals surface area contributed by atoms with Gasteiger partial charge in [-0.1, -0.05) is 18.2 Å². The predicted octanol–water partition coefficient (Wildman–Crippen LogP) is 3.22. The number of hydrogen-bond donors (Lipinski definition) is 4. The maximum Gasteiger partial charge on any atom is 0.299 e. The second-order valence-electron chi connectivity index (χ2n) is 18.1. The van der Waals surface area contributed by atoms with Gasteiger partial charge in [-0.25, -0.2) is 9.97 Å². The molecule has 1 atom stereocenters. The molecular weight excluding hydrogens is 835 g/mol. The van der Waals surface area contributed by atoms with Gasteiger partial charge in [-0.3, -0.25) is 34.1 Å². The number of amides is 4. The summed E-state index contributed by atoms with van der Waals surface area (Å²) in [4.78, 5) is 68.4. The zero-order valence-electron chi connectivity index (χ0n) is 36.3. The number of carbonyl (C=O) groups excluding carboxylic acids is 4. The van der Waals surface area contributed by atoms with Crippen molar-refractivity contribution < 1.29 is 27.6 Å². The Bertz CT molecular complexity index is 2430. The van der Waals surface area contributed by atoms with E-state index in [0.29, 0.717) is 74.1 Å². The van der Waals surface area contributed by atoms with Crippen LogP contribution in [0.1, 0.15) is 79.6 Å². The highest BCUT2D eigenvalue weighted by atomic mass is 32.2. The van der Waals surface area contributed by atoms with Crippen LogP contribution in [0.5, 0.6) is 0 Å². The van der Waals surface area contributed by atoms with E-state index in [1.165, 1.54) is 0 Å². The second kappa shape index (κ2) is 19.4. The van der Waals surface area contributed by atoms with Gasteiger partial charge in [0.2, 0.25) is 17.7 Å². The first kappa shape index (κ1) is 43.8. The summed E-state index contributed by atoms with van der Waals surface area (Å²) < 4.78 is 33.2. The molecule has 0 spiro atoms. The lowest BCUT2D eigenvalue weighted by molar-refractivity contribution is -0.139. The van der Waals surface area contributed by atoms with E-state index in [0.717, 1.165) is 94.6 Å². The van der Waals surface area contributed by atoms with Crippen LogP contribution >= 0.6 is 0 Å². The van der Waals surface area contributed by atoms with Crippen LogP contribution in [0, 0.1) is 11.8 Å². The minimum Gasteiger partial charge on any atom is -0.357 e. The van der Waals surface area contributed by atoms with E-state index in [4.69, 9.17) is 4.98 Å². The summed E-state index contributed by atoms with van der Waals surface area (Å²) in [5.74, 6) is 0.955. The standard InChI is InChI=1S/C46H59N11O6S/c58-43-12-9-39(45(60)51-43)35-7-10-41(47-28-35)55-20-13-32(14-21-55)29-54-18-15-33(16-19-54)46(61)56-25-23-53(24-26-56)22-17-48-64(62,63)52-38-6-1-3-34(27-38)40-31-57-30-36(8-11-42(57)50-40)44(59)49-37-4-2-5-37/h1,3,6-8,10-11,27-28,30-33,37,39,48,52H,2,4-5,9,12-26,29H2,(H,49,59)(H,51,58,60). The third-order valence-electron chi connectivity index (χ3n) is 13.8. The number of nitrogens with zero attached hydrogens (tertiary/aromatic N) is 7. The third-order valence-corrected chi connectivity index (χ3v) is 14.9. The molecule has 4 N–H and O–H groups in total. The second-order valence-corrected chi connectivity index (χ2v) is 19.6. The van der Waals surface area contributed by atoms with E-state index >= 15 is 0 Å². The highest BCUT2D eigenvalue weighted by Gasteiger charge is 2.33. The van der Waals surface area contributed by atoms with E-state index in [2.05, 4.69) is 39.8 Å². The number of pyridine rings is 2. The number of hydrogen-bond acceptors (Lipinski definition) is 11. The summed E-state index contributed by atoms with van der Waals surface area (Å²) in [7, 11) is -3.84. The lowest BCUT2D eigenvalue weighted by Gasteiger charge is -2.40. The van der Waals surface area contributed by atoms with Gasteiger partial charge < -0.3 is 24.4 Å². The number of imidazole rings is 1. The van der Waals surface area contributed by atoms with Crippen molar-refractivity contribution in [2.24, 2.45) is 11.8 Å². The molecule has 340 valence electrons. The average Bonchev–Trinajstić information content (AvgIpc) is 3.72. The number of rotatable bonds is 14. The normalized spacial score (nSPS) is 21.2. The highest BCUT2D eigenvalue weighted by molar-refractivity contribution is 7.90. The fourth-order valence-electron chi connectivity index (χ4n) is 9.68. The number of fused-ring (bicyclic) bond motifs is 1. The summed E-state index contributed by atoms with van der Waals surface area (Å²) in [6.45, 7) is 8.24. The van der Waals surface area contributed by atoms with Crippen LogP contribution < -0.4 is 25.0 Å². The van der Waals surface area contributed by atoms with Crippen LogP contribution in [0.2, 0.25) is 0 Å². The van der Waals surface area contributed by atoms with E-state index in [1.807, 2.05) is 33.7 Å². The summed E-state index contributed by atoms with van der Waals surface area (Å²) in [6.07, 6.45) is 13.4. The number of benzene rings is 1. The summed E-state index contributed by atoms with van der Waals surface area (Å²) in [5, 5.41) is 5.49. The molecule has 1 unspecified atom stereocenters. The number of piperidine rings is 3. The summed E-state index contributed by atoms with van der Waals surface area (Å²) >= 11 is 0. The van der Waals surface area contributed by atoms with E-state index in [1.54, 1.807) is 42.7 Å². The van der Waals surface area contributed by atoms with Crippen molar-refractivity contribution in [3.63, 3.8) is 0 Å². The van der Waals surface area contributed by atoms with Gasteiger partial charge in [-0.05, 0) is 106 Å². The molecule has 4 amide bonds. The van der Waals surface area contributed by atoms with Gasteiger partial charge in [-0.2, -0.15) is 13.1 Å². The molecule has 4 saturated heterocycles. The van der Waals surface area contributed by atoms with Gasteiger partial charge in [0, 0.05) is 101 Å². The van der Waals surface area contributed by atoms with Crippen molar-refractivity contribution in [3.8, 4) is 11.3 Å². The molecule has 64 heavy (non-hydrogen) atoms. The van der Waals surface area contributed by atoms with Crippen LogP contribution in [0.3, 0.4) is 0 Å². The van der Waals surface area contributed by atoms with Crippen molar-refractivity contribution >= 4 is 51.0 Å². The molecular formula is C46H59N11O6S. The Morgan fingerprint density at radius 2 is 1.62 bits per heavy atom. The molecule has 1 aromatic carbocycles. The van der Waals surface area contributed by atoms with Crippen molar-refractivity contribution in [1.82, 2.24) is 44.4 Å². The zero-order chi connectivity index (χ0) is 44.2. The SMILES string of the molecule is O=C1CCC(c2ccc(N3CCC(CN4CCC(C(=O)N5CCN(CCNS(=O)(=O)Nc6cccc(-c7cn8cc(C(=O)NC9CCC9)ccc8n7)c6)CC5)CC4)CC3)nc2)C(=O)N1. The first-order valence-corrected chi connectivity index (χ1v) is 24.5. The van der Waals surface area contributed by atoms with Crippen LogP contribution in [-0.4, -0.2) is 139 Å². The van der Waals surface area contributed by atoms with Crippen molar-refractivity contribution in [2.75, 3.05) is 81.6 Å². The van der Waals surface area contributed by atoms with Crippen LogP contribution in [0.25, 0.3) is 16.9 Å². The Hall–Kier alpha value is -5.43. The van der Waals surface area contributed by atoms with E-state index in [-0.39, 0.29) is 48.1 Å². The molecule has 0 radical (unpaired) electrons. The molecule has 4 aromatic rings. The maximum absolute atomic E-state index is 13.6. The first-order chi connectivity index (χ1) is 31.0. The van der Waals surface area contributed by atoms with Gasteiger partial charge >= 0.3 is 0 Å². The van der Waals surface area contributed by atoms with E-state index < -0.39 is 10.2 Å². The molecule has 9 rings (SSSR count). The number of imide groups is 1. The average molecular weight is 894 g/mol. The number of nitrogens with one attached hydrogen (secondary N) is 4. The molecule has 5 fully saturated rings. The van der Waals surface area contributed by atoms with Crippen LogP contribution in [-0.2, 0) is 24.6 Å². The molecule has 18 heteroatoms. The summed E-state index contributed by atoms with van der Waals surface area (Å²) in [5.41, 5.74) is 3.91. The fraction of sp³-hybridized carbons (Fsp3) is 0.522. The van der Waals surface area contributed by atoms with E-state index in [9.17, 15) is 27.6 Å². The Kier molecular flexibility index (Phi) is 13.2. The Labute approximate surface area is 374 Å². The minimum atomic E-state index is -3.84. The zero-order valence-corrected chi connectivity index (χ0v) is 37.1. The quantitative estimate of drug-likeness (QED) is 0.136. The molecule has 5 aliphatic rings. The Morgan fingerprint density at radius 3 is 2.34 bits per heavy atom. The van der Waals surface area contributed by atoms with Crippen molar-refractivity contribution in [3.05, 3.63) is 78.2 Å². The molecule has 7 heterocycles. The first-order valence-electron chi connectivity index (χ1n) is 23.0. The molecule has 3 aromatic heterocycles. The monoisotopic (exact) mass is 893 g/mol. The van der Waals surface area contributed by atoms with Crippen LogP contribution in [0.15, 0.2) is 67.1 Å². The minimum absolute atomic E-state index is 0.0466. The van der Waals surface area contributed by atoms with Gasteiger partial charge in [0.25, 0.3) is 16.1 Å². The number of anilines is 2. The lowest BCUT2D eigenvalue weighted by Crippen LogP contribution is -2.53. The third kappa shape index (κ3) is 10.6. The topological polar surface area (TPSA) is 194 Å². The molecule has 1 saturated carbocycles. The summed E-state index contributed by atoms with van der Waals surface area (Å²) in [6, 6.07) is 14.9. The highest BCUT2D eigenvalue weighted by Crippen LogP contribution is 2.29. The smallest absolute Gasteiger partial charge is 0.299 e. The van der Waals surface area contributed by atoms with Gasteiger partial charge in [0.1, 0.15) is 11.5 Å². The van der Waals surface area contributed by atoms with Gasteiger partial charge in [-0.15, -0.1) is 0 Å². The molecule has 4 aliphatic heterocycles. The van der Waals surface area contributed by atoms with Gasteiger partial charge in [0.15, 0.2) is 0 Å². The Morgan fingerprint density at radius 1 is 0.828 bits per heavy atom. The molecule has 1 aliphatic carbocycles. The van der Waals surface area contributed by atoms with Crippen molar-refractivity contribution in [2.45, 2.75) is 69.7 Å². The predicted molar refractivity (Wildman–Crippen MR) is 243 cm³/mol. The number of aromatic nitrogens is 3. The number of carbonyl (C=O) groups is 4.